The zero-order valence-electron chi connectivity index (χ0n) is 13.4. The fourth-order valence-electron chi connectivity index (χ4n) is 2.71. The van der Waals surface area contributed by atoms with Gasteiger partial charge in [0.2, 0.25) is 5.91 Å². The van der Waals surface area contributed by atoms with Crippen molar-refractivity contribution >= 4 is 28.1 Å². The van der Waals surface area contributed by atoms with E-state index in [1.54, 1.807) is 6.92 Å². The number of thiazole rings is 1. The lowest BCUT2D eigenvalue weighted by Gasteiger charge is -2.19. The molecule has 1 amide bonds. The van der Waals surface area contributed by atoms with Gasteiger partial charge in [-0.25, -0.2) is 4.98 Å². The predicted octanol–water partition coefficient (Wildman–Crippen LogP) is 3.04. The van der Waals surface area contributed by atoms with E-state index in [0.717, 1.165) is 40.9 Å². The Morgan fingerprint density at radius 3 is 2.88 bits per heavy atom. The van der Waals surface area contributed by atoms with Gasteiger partial charge in [-0.05, 0) is 25.0 Å². The Balaban J connectivity index is 1.42. The molecule has 1 aliphatic heterocycles. The molecule has 1 saturated carbocycles. The van der Waals surface area contributed by atoms with E-state index >= 15 is 0 Å². The molecule has 126 valence electrons. The Hall–Kier alpha value is -2.28. The van der Waals surface area contributed by atoms with Crippen molar-refractivity contribution < 1.29 is 14.3 Å². The van der Waals surface area contributed by atoms with Crippen LogP contribution in [0.15, 0.2) is 23.6 Å². The van der Waals surface area contributed by atoms with Crippen molar-refractivity contribution in [3.8, 4) is 11.5 Å². The molecular weight excluding hydrogens is 326 g/mol. The Morgan fingerprint density at radius 2 is 2.12 bits per heavy atom. The fourth-order valence-corrected chi connectivity index (χ4v) is 3.65. The third-order valence-electron chi connectivity index (χ3n) is 4.01. The molecule has 1 N–H and O–H groups in total. The number of aromatic nitrogens is 1. The van der Waals surface area contributed by atoms with E-state index in [9.17, 15) is 4.79 Å². The van der Waals surface area contributed by atoms with E-state index in [1.165, 1.54) is 11.3 Å². The molecule has 2 heterocycles. The summed E-state index contributed by atoms with van der Waals surface area (Å²) in [6.07, 6.45) is 2.15. The van der Waals surface area contributed by atoms with Crippen LogP contribution in [0.1, 0.15) is 25.5 Å². The molecule has 1 fully saturated rings. The molecular formula is C17H19N3O3S. The number of rotatable bonds is 5. The van der Waals surface area contributed by atoms with Crippen LogP contribution >= 0.6 is 11.3 Å². The van der Waals surface area contributed by atoms with Gasteiger partial charge in [0.05, 0.1) is 12.2 Å². The maximum absolute atomic E-state index is 11.8. The van der Waals surface area contributed by atoms with Crippen molar-refractivity contribution in [1.82, 2.24) is 4.98 Å². The van der Waals surface area contributed by atoms with Gasteiger partial charge in [0.25, 0.3) is 0 Å². The Morgan fingerprint density at radius 1 is 1.33 bits per heavy atom. The number of hydrogen-bond donors (Lipinski definition) is 1. The van der Waals surface area contributed by atoms with Crippen LogP contribution in [-0.4, -0.2) is 30.1 Å². The molecule has 2 aromatic rings. The molecule has 4 rings (SSSR count). The van der Waals surface area contributed by atoms with Crippen molar-refractivity contribution in [2.45, 2.75) is 32.4 Å². The lowest BCUT2D eigenvalue weighted by atomic mass is 10.2. The highest BCUT2D eigenvalue weighted by Gasteiger charge is 2.33. The van der Waals surface area contributed by atoms with E-state index < -0.39 is 0 Å². The molecule has 1 aromatic carbocycles. The lowest BCUT2D eigenvalue weighted by molar-refractivity contribution is -0.116. The summed E-state index contributed by atoms with van der Waals surface area (Å²) in [5, 5.41) is 6.14. The minimum Gasteiger partial charge on any atom is -0.486 e. The van der Waals surface area contributed by atoms with Gasteiger partial charge in [-0.2, -0.15) is 0 Å². The second kappa shape index (κ2) is 6.32. The number of anilines is 2. The summed E-state index contributed by atoms with van der Waals surface area (Å²) < 4.78 is 11.1. The van der Waals surface area contributed by atoms with Crippen molar-refractivity contribution in [2.24, 2.45) is 0 Å². The van der Waals surface area contributed by atoms with Crippen molar-refractivity contribution in [2.75, 3.05) is 23.4 Å². The highest BCUT2D eigenvalue weighted by atomic mass is 32.1. The normalized spacial score (nSPS) is 15.9. The SMILES string of the molecule is CC(=O)N(c1nc(CNc2ccc3c(c2)OCCO3)cs1)C1CC1. The summed E-state index contributed by atoms with van der Waals surface area (Å²) in [5.74, 6) is 1.61. The number of amides is 1. The summed E-state index contributed by atoms with van der Waals surface area (Å²) in [7, 11) is 0. The monoisotopic (exact) mass is 345 g/mol. The van der Waals surface area contributed by atoms with E-state index in [0.29, 0.717) is 25.8 Å². The highest BCUT2D eigenvalue weighted by Crippen LogP contribution is 2.34. The molecule has 1 aliphatic carbocycles. The van der Waals surface area contributed by atoms with Crippen molar-refractivity contribution in [1.29, 1.82) is 0 Å². The van der Waals surface area contributed by atoms with Crippen LogP contribution in [-0.2, 0) is 11.3 Å². The number of carbonyl (C=O) groups is 1. The van der Waals surface area contributed by atoms with E-state index in [1.807, 2.05) is 28.5 Å². The van der Waals surface area contributed by atoms with Crippen LogP contribution in [0.5, 0.6) is 11.5 Å². The molecule has 2 aliphatic rings. The maximum atomic E-state index is 11.8. The number of hydrogen-bond acceptors (Lipinski definition) is 6. The van der Waals surface area contributed by atoms with Crippen LogP contribution in [0, 0.1) is 0 Å². The Kier molecular flexibility index (Phi) is 4.02. The standard InChI is InChI=1S/C17H19N3O3S/c1-11(21)20(14-3-4-14)17-19-13(10-24-17)9-18-12-2-5-15-16(8-12)23-7-6-22-15/h2,5,8,10,14,18H,3-4,6-7,9H2,1H3. The molecule has 1 aromatic heterocycles. The van der Waals surface area contributed by atoms with Crippen LogP contribution in [0.2, 0.25) is 0 Å². The molecule has 7 heteroatoms. The summed E-state index contributed by atoms with van der Waals surface area (Å²) in [4.78, 5) is 18.2. The summed E-state index contributed by atoms with van der Waals surface area (Å²) >= 11 is 1.52. The second-order valence-electron chi connectivity index (χ2n) is 5.95. The number of fused-ring (bicyclic) bond motifs is 1. The van der Waals surface area contributed by atoms with E-state index in [4.69, 9.17) is 9.47 Å². The van der Waals surface area contributed by atoms with Gasteiger partial charge in [0.1, 0.15) is 13.2 Å². The zero-order chi connectivity index (χ0) is 16.5. The highest BCUT2D eigenvalue weighted by molar-refractivity contribution is 7.14. The second-order valence-corrected chi connectivity index (χ2v) is 6.79. The molecule has 0 bridgehead atoms. The zero-order valence-corrected chi connectivity index (χ0v) is 14.3. The summed E-state index contributed by atoms with van der Waals surface area (Å²) in [5.41, 5.74) is 1.89. The van der Waals surface area contributed by atoms with Gasteiger partial charge in [0, 0.05) is 30.1 Å². The average Bonchev–Trinajstić information content (AvgIpc) is 3.30. The number of ether oxygens (including phenoxy) is 2. The maximum Gasteiger partial charge on any atom is 0.225 e. The molecule has 0 spiro atoms. The van der Waals surface area contributed by atoms with Gasteiger partial charge in [-0.1, -0.05) is 0 Å². The summed E-state index contributed by atoms with van der Waals surface area (Å²) in [6, 6.07) is 6.15. The van der Waals surface area contributed by atoms with E-state index in [2.05, 4.69) is 10.3 Å². The number of benzene rings is 1. The van der Waals surface area contributed by atoms with E-state index in [-0.39, 0.29) is 5.91 Å². The first-order chi connectivity index (χ1) is 11.7. The Labute approximate surface area is 144 Å². The van der Waals surface area contributed by atoms with Gasteiger partial charge in [-0.15, -0.1) is 11.3 Å². The quantitative estimate of drug-likeness (QED) is 0.902. The molecule has 0 unspecified atom stereocenters. The van der Waals surface area contributed by atoms with Crippen LogP contribution in [0.4, 0.5) is 10.8 Å². The van der Waals surface area contributed by atoms with Gasteiger partial charge in [0.15, 0.2) is 16.6 Å². The number of carbonyl (C=O) groups excluding carboxylic acids is 1. The average molecular weight is 345 g/mol. The molecule has 0 radical (unpaired) electrons. The molecule has 6 nitrogen and oxygen atoms in total. The number of nitrogens with zero attached hydrogens (tertiary/aromatic N) is 2. The third kappa shape index (κ3) is 3.17. The smallest absolute Gasteiger partial charge is 0.225 e. The first-order valence-electron chi connectivity index (χ1n) is 8.08. The molecule has 0 saturated heterocycles. The topological polar surface area (TPSA) is 63.7 Å². The summed E-state index contributed by atoms with van der Waals surface area (Å²) in [6.45, 7) is 3.38. The first kappa shape index (κ1) is 15.3. The van der Waals surface area contributed by atoms with Crippen LogP contribution in [0.3, 0.4) is 0 Å². The minimum atomic E-state index is 0.0678. The minimum absolute atomic E-state index is 0.0678. The molecule has 24 heavy (non-hydrogen) atoms. The lowest BCUT2D eigenvalue weighted by Crippen LogP contribution is -2.30. The van der Waals surface area contributed by atoms with Crippen LogP contribution < -0.4 is 19.7 Å². The van der Waals surface area contributed by atoms with Gasteiger partial charge < -0.3 is 14.8 Å². The number of nitrogens with one attached hydrogen (secondary N) is 1. The third-order valence-corrected chi connectivity index (χ3v) is 4.90. The van der Waals surface area contributed by atoms with Crippen molar-refractivity contribution in [3.05, 3.63) is 29.3 Å². The van der Waals surface area contributed by atoms with Crippen LogP contribution in [0.25, 0.3) is 0 Å². The predicted molar refractivity (Wildman–Crippen MR) is 93.1 cm³/mol. The first-order valence-corrected chi connectivity index (χ1v) is 8.96. The molecule has 0 atom stereocenters. The van der Waals surface area contributed by atoms with Gasteiger partial charge in [-0.3, -0.25) is 9.69 Å². The van der Waals surface area contributed by atoms with Crippen molar-refractivity contribution in [3.63, 3.8) is 0 Å². The largest absolute Gasteiger partial charge is 0.486 e. The van der Waals surface area contributed by atoms with Gasteiger partial charge >= 0.3 is 0 Å². The Bertz CT molecular complexity index is 757. The fraction of sp³-hybridized carbons (Fsp3) is 0.412.